The molecule has 4 rings (SSSR count). The van der Waals surface area contributed by atoms with Crippen molar-refractivity contribution in [1.82, 2.24) is 9.55 Å². The summed E-state index contributed by atoms with van der Waals surface area (Å²) in [6.07, 6.45) is 1.65. The summed E-state index contributed by atoms with van der Waals surface area (Å²) in [5.41, 5.74) is 1.30. The number of hydrogen-bond acceptors (Lipinski definition) is 5. The molecule has 0 atom stereocenters. The number of para-hydroxylation sites is 1. The second-order valence-corrected chi connectivity index (χ2v) is 8.93. The van der Waals surface area contributed by atoms with Gasteiger partial charge in [0, 0.05) is 28.8 Å². The number of thioether (sulfide) groups is 2. The number of carbonyl (C=O) groups excluding carboxylic acids is 1. The van der Waals surface area contributed by atoms with Crippen LogP contribution in [0.25, 0.3) is 10.9 Å². The molecule has 2 heterocycles. The van der Waals surface area contributed by atoms with Gasteiger partial charge in [-0.3, -0.25) is 14.2 Å². The van der Waals surface area contributed by atoms with Crippen molar-refractivity contribution in [3.8, 4) is 0 Å². The Hall–Kier alpha value is -2.22. The average Bonchev–Trinajstić information content (AvgIpc) is 2.73. The zero-order valence-electron chi connectivity index (χ0n) is 15.5. The first-order valence-electron chi connectivity index (χ1n) is 9.04. The number of fused-ring (bicyclic) bond motifs is 2. The zero-order chi connectivity index (χ0) is 20.4. The van der Waals surface area contributed by atoms with Gasteiger partial charge < -0.3 is 4.90 Å². The molecule has 0 radical (unpaired) electrons. The van der Waals surface area contributed by atoms with E-state index in [1.807, 2.05) is 29.2 Å². The molecule has 0 bridgehead atoms. The van der Waals surface area contributed by atoms with Gasteiger partial charge >= 0.3 is 0 Å². The fraction of sp³-hybridized carbons (Fsp3) is 0.190. The molecule has 1 aliphatic rings. The van der Waals surface area contributed by atoms with Crippen LogP contribution in [0, 0.1) is 0 Å². The van der Waals surface area contributed by atoms with E-state index in [9.17, 15) is 9.59 Å². The van der Waals surface area contributed by atoms with Crippen LogP contribution in [-0.2, 0) is 11.3 Å². The Morgan fingerprint density at radius 2 is 2.14 bits per heavy atom. The number of amides is 1. The Balaban J connectivity index is 1.63. The van der Waals surface area contributed by atoms with Crippen molar-refractivity contribution >= 4 is 57.6 Å². The molecule has 8 heteroatoms. The molecule has 2 aromatic carbocycles. The van der Waals surface area contributed by atoms with E-state index in [-0.39, 0.29) is 17.2 Å². The molecule has 0 aliphatic carbocycles. The molecule has 0 saturated heterocycles. The maximum Gasteiger partial charge on any atom is 0.262 e. The fourth-order valence-corrected chi connectivity index (χ4v) is 5.25. The summed E-state index contributed by atoms with van der Waals surface area (Å²) in [6.45, 7) is 4.72. The lowest BCUT2D eigenvalue weighted by molar-refractivity contribution is -0.116. The van der Waals surface area contributed by atoms with Gasteiger partial charge in [0.1, 0.15) is 0 Å². The Bertz CT molecular complexity index is 1160. The predicted octanol–water partition coefficient (Wildman–Crippen LogP) is 4.47. The molecule has 0 unspecified atom stereocenters. The van der Waals surface area contributed by atoms with E-state index < -0.39 is 0 Å². The number of benzene rings is 2. The van der Waals surface area contributed by atoms with E-state index >= 15 is 0 Å². The first-order valence-corrected chi connectivity index (χ1v) is 11.4. The van der Waals surface area contributed by atoms with Crippen LogP contribution in [0.4, 0.5) is 5.69 Å². The van der Waals surface area contributed by atoms with Gasteiger partial charge in [0.15, 0.2) is 5.16 Å². The van der Waals surface area contributed by atoms with E-state index in [4.69, 9.17) is 11.6 Å². The molecular weight excluding hydrogens is 426 g/mol. The van der Waals surface area contributed by atoms with Crippen LogP contribution in [0.15, 0.2) is 70.0 Å². The van der Waals surface area contributed by atoms with E-state index in [1.54, 1.807) is 40.6 Å². The van der Waals surface area contributed by atoms with Gasteiger partial charge in [0.25, 0.3) is 5.56 Å². The Kier molecular flexibility index (Phi) is 5.99. The van der Waals surface area contributed by atoms with Gasteiger partial charge in [0.05, 0.1) is 22.3 Å². The van der Waals surface area contributed by atoms with Crippen molar-refractivity contribution in [2.24, 2.45) is 0 Å². The minimum Gasteiger partial charge on any atom is -0.310 e. The predicted molar refractivity (Wildman–Crippen MR) is 121 cm³/mol. The highest BCUT2D eigenvalue weighted by Gasteiger charge is 2.23. The number of hydrogen-bond donors (Lipinski definition) is 0. The van der Waals surface area contributed by atoms with Crippen molar-refractivity contribution in [3.63, 3.8) is 0 Å². The second kappa shape index (κ2) is 8.65. The maximum absolute atomic E-state index is 12.9. The van der Waals surface area contributed by atoms with E-state index in [0.29, 0.717) is 34.2 Å². The second-order valence-electron chi connectivity index (χ2n) is 6.41. The SMILES string of the molecule is C=CCn1c(SCC(=O)N2CCSc3ccccc32)nc2cc(Cl)ccc2c1=O. The summed E-state index contributed by atoms with van der Waals surface area (Å²) in [6, 6.07) is 12.9. The van der Waals surface area contributed by atoms with Crippen LogP contribution in [-0.4, -0.2) is 33.5 Å². The van der Waals surface area contributed by atoms with Crippen LogP contribution in [0.1, 0.15) is 0 Å². The van der Waals surface area contributed by atoms with E-state index in [2.05, 4.69) is 11.6 Å². The minimum atomic E-state index is -0.166. The first-order chi connectivity index (χ1) is 14.1. The van der Waals surface area contributed by atoms with Crippen LogP contribution in [0.3, 0.4) is 0 Å². The van der Waals surface area contributed by atoms with Gasteiger partial charge in [-0.1, -0.05) is 41.6 Å². The third-order valence-corrected chi connectivity index (χ3v) is 6.79. The standard InChI is InChI=1S/C21H18ClN3O2S2/c1-2-9-25-20(27)15-8-7-14(22)12-16(15)23-21(25)29-13-19(26)24-10-11-28-18-6-4-3-5-17(18)24/h2-8,12H,1,9-11,13H2. The lowest BCUT2D eigenvalue weighted by Crippen LogP contribution is -2.36. The maximum atomic E-state index is 12.9. The molecule has 3 aromatic rings. The monoisotopic (exact) mass is 443 g/mol. The van der Waals surface area contributed by atoms with Gasteiger partial charge in [-0.05, 0) is 30.3 Å². The van der Waals surface area contributed by atoms with Gasteiger partial charge in [-0.2, -0.15) is 0 Å². The first kappa shape index (κ1) is 20.1. The average molecular weight is 444 g/mol. The summed E-state index contributed by atoms with van der Waals surface area (Å²) in [5, 5.41) is 1.49. The van der Waals surface area contributed by atoms with Crippen molar-refractivity contribution in [2.45, 2.75) is 16.6 Å². The number of aromatic nitrogens is 2. The number of allylic oxidation sites excluding steroid dienone is 1. The minimum absolute atomic E-state index is 0.00616. The number of carbonyl (C=O) groups is 1. The topological polar surface area (TPSA) is 55.2 Å². The van der Waals surface area contributed by atoms with Gasteiger partial charge in [0.2, 0.25) is 5.91 Å². The Labute approximate surface area is 181 Å². The molecule has 29 heavy (non-hydrogen) atoms. The highest BCUT2D eigenvalue weighted by atomic mass is 35.5. The molecule has 148 valence electrons. The Morgan fingerprint density at radius 3 is 2.97 bits per heavy atom. The number of halogens is 1. The normalized spacial score (nSPS) is 13.3. The number of rotatable bonds is 5. The summed E-state index contributed by atoms with van der Waals surface area (Å²) in [7, 11) is 0. The van der Waals surface area contributed by atoms with Crippen molar-refractivity contribution < 1.29 is 4.79 Å². The zero-order valence-corrected chi connectivity index (χ0v) is 17.9. The third kappa shape index (κ3) is 4.08. The van der Waals surface area contributed by atoms with Crippen molar-refractivity contribution in [3.05, 3.63) is 70.5 Å². The highest BCUT2D eigenvalue weighted by Crippen LogP contribution is 2.34. The molecule has 1 aromatic heterocycles. The molecule has 0 N–H and O–H groups in total. The van der Waals surface area contributed by atoms with Crippen LogP contribution in [0.5, 0.6) is 0 Å². The van der Waals surface area contributed by atoms with Gasteiger partial charge in [-0.25, -0.2) is 4.98 Å². The number of anilines is 1. The van der Waals surface area contributed by atoms with E-state index in [0.717, 1.165) is 16.3 Å². The number of nitrogens with zero attached hydrogens (tertiary/aromatic N) is 3. The van der Waals surface area contributed by atoms with Crippen molar-refractivity contribution in [1.29, 1.82) is 0 Å². The lowest BCUT2D eigenvalue weighted by atomic mass is 10.2. The van der Waals surface area contributed by atoms with E-state index in [1.165, 1.54) is 11.8 Å². The molecule has 1 amide bonds. The van der Waals surface area contributed by atoms with Gasteiger partial charge in [-0.15, -0.1) is 18.3 Å². The summed E-state index contributed by atoms with van der Waals surface area (Å²) >= 11 is 9.08. The molecule has 0 saturated carbocycles. The lowest BCUT2D eigenvalue weighted by Gasteiger charge is -2.28. The summed E-state index contributed by atoms with van der Waals surface area (Å²) < 4.78 is 1.54. The molecule has 0 spiro atoms. The molecular formula is C21H18ClN3O2S2. The van der Waals surface area contributed by atoms with Crippen molar-refractivity contribution in [2.75, 3.05) is 23.0 Å². The molecule has 5 nitrogen and oxygen atoms in total. The van der Waals surface area contributed by atoms with Crippen LogP contribution >= 0.6 is 35.1 Å². The largest absolute Gasteiger partial charge is 0.310 e. The third-order valence-electron chi connectivity index (χ3n) is 4.55. The van der Waals surface area contributed by atoms with Crippen LogP contribution in [0.2, 0.25) is 5.02 Å². The highest BCUT2D eigenvalue weighted by molar-refractivity contribution is 8.00. The summed E-state index contributed by atoms with van der Waals surface area (Å²) in [5.74, 6) is 1.05. The quantitative estimate of drug-likeness (QED) is 0.331. The van der Waals surface area contributed by atoms with Crippen LogP contribution < -0.4 is 10.5 Å². The summed E-state index contributed by atoms with van der Waals surface area (Å²) in [4.78, 5) is 33.3. The Morgan fingerprint density at radius 1 is 1.31 bits per heavy atom. The smallest absolute Gasteiger partial charge is 0.262 e. The molecule has 1 aliphatic heterocycles. The molecule has 0 fully saturated rings. The fourth-order valence-electron chi connectivity index (χ4n) is 3.21.